The quantitative estimate of drug-likeness (QED) is 0.632. The van der Waals surface area contributed by atoms with E-state index in [-0.39, 0.29) is 11.9 Å². The minimum absolute atomic E-state index is 0.145. The van der Waals surface area contributed by atoms with E-state index < -0.39 is 0 Å². The Hall–Kier alpha value is -0.570. The van der Waals surface area contributed by atoms with Crippen LogP contribution < -0.4 is 11.1 Å². The zero-order valence-corrected chi connectivity index (χ0v) is 8.81. The molecule has 1 amide bonds. The first-order valence-corrected chi connectivity index (χ1v) is 5.23. The van der Waals surface area contributed by atoms with Gasteiger partial charge in [-0.15, -0.1) is 0 Å². The number of rotatable bonds is 7. The summed E-state index contributed by atoms with van der Waals surface area (Å²) < 4.78 is 0. The molecule has 0 fully saturated rings. The lowest BCUT2D eigenvalue weighted by atomic mass is 10.1. The first-order chi connectivity index (χ1) is 6.20. The molecular formula is C10H22N2O. The van der Waals surface area contributed by atoms with Crippen LogP contribution in [0.25, 0.3) is 0 Å². The third-order valence-electron chi connectivity index (χ3n) is 1.97. The normalized spacial score (nSPS) is 12.5. The standard InChI is InChI=1S/C10H22N2O/c1-3-5-9(11)7-8-12-10(13)6-4-2/h9H,3-8,11H2,1-2H3,(H,12,13). The van der Waals surface area contributed by atoms with Crippen molar-refractivity contribution in [3.05, 3.63) is 0 Å². The summed E-state index contributed by atoms with van der Waals surface area (Å²) in [6.07, 6.45) is 4.59. The van der Waals surface area contributed by atoms with Gasteiger partial charge < -0.3 is 11.1 Å². The molecule has 0 aromatic heterocycles. The van der Waals surface area contributed by atoms with Crippen molar-refractivity contribution >= 4 is 5.91 Å². The van der Waals surface area contributed by atoms with E-state index in [0.29, 0.717) is 6.42 Å². The number of hydrogen-bond acceptors (Lipinski definition) is 2. The molecule has 0 bridgehead atoms. The molecule has 0 saturated carbocycles. The molecule has 3 nitrogen and oxygen atoms in total. The highest BCUT2D eigenvalue weighted by molar-refractivity contribution is 5.75. The lowest BCUT2D eigenvalue weighted by Gasteiger charge is -2.10. The summed E-state index contributed by atoms with van der Waals surface area (Å²) in [5, 5.41) is 2.85. The maximum atomic E-state index is 11.0. The Labute approximate surface area is 81.1 Å². The van der Waals surface area contributed by atoms with E-state index in [2.05, 4.69) is 12.2 Å². The molecule has 0 aromatic carbocycles. The van der Waals surface area contributed by atoms with Gasteiger partial charge in [0.2, 0.25) is 5.91 Å². The highest BCUT2D eigenvalue weighted by Gasteiger charge is 2.02. The molecule has 0 rings (SSSR count). The Morgan fingerprint density at radius 1 is 1.31 bits per heavy atom. The Bertz CT molecular complexity index is 137. The average molecular weight is 186 g/mol. The van der Waals surface area contributed by atoms with Crippen LogP contribution in [0.15, 0.2) is 0 Å². The van der Waals surface area contributed by atoms with E-state index in [1.165, 1.54) is 0 Å². The van der Waals surface area contributed by atoms with Crippen molar-refractivity contribution in [1.82, 2.24) is 5.32 Å². The van der Waals surface area contributed by atoms with Crippen LogP contribution in [0.3, 0.4) is 0 Å². The van der Waals surface area contributed by atoms with Crippen LogP contribution in [0.5, 0.6) is 0 Å². The molecule has 0 heterocycles. The Balaban J connectivity index is 3.28. The van der Waals surface area contributed by atoms with Gasteiger partial charge in [0, 0.05) is 19.0 Å². The Morgan fingerprint density at radius 3 is 2.54 bits per heavy atom. The molecule has 0 aliphatic carbocycles. The predicted octanol–water partition coefficient (Wildman–Crippen LogP) is 1.42. The molecule has 0 aromatic rings. The highest BCUT2D eigenvalue weighted by Crippen LogP contribution is 1.96. The topological polar surface area (TPSA) is 55.1 Å². The molecule has 3 N–H and O–H groups in total. The third kappa shape index (κ3) is 7.78. The lowest BCUT2D eigenvalue weighted by molar-refractivity contribution is -0.121. The van der Waals surface area contributed by atoms with Crippen molar-refractivity contribution in [3.8, 4) is 0 Å². The molecule has 1 atom stereocenters. The zero-order chi connectivity index (χ0) is 10.1. The van der Waals surface area contributed by atoms with Crippen LogP contribution in [0, 0.1) is 0 Å². The third-order valence-corrected chi connectivity index (χ3v) is 1.97. The van der Waals surface area contributed by atoms with Gasteiger partial charge in [-0.3, -0.25) is 4.79 Å². The molecule has 0 aliphatic rings. The molecule has 1 unspecified atom stereocenters. The number of amides is 1. The molecule has 0 spiro atoms. The summed E-state index contributed by atoms with van der Waals surface area (Å²) in [5.41, 5.74) is 5.79. The number of carbonyl (C=O) groups is 1. The van der Waals surface area contributed by atoms with Crippen LogP contribution in [-0.4, -0.2) is 18.5 Å². The SMILES string of the molecule is CCCC(=O)NCCC(N)CCC. The summed E-state index contributed by atoms with van der Waals surface area (Å²) in [4.78, 5) is 11.0. The van der Waals surface area contributed by atoms with Crippen LogP contribution in [0.2, 0.25) is 0 Å². The van der Waals surface area contributed by atoms with Gasteiger partial charge in [0.1, 0.15) is 0 Å². The minimum Gasteiger partial charge on any atom is -0.356 e. The molecule has 3 heteroatoms. The first kappa shape index (κ1) is 12.4. The van der Waals surface area contributed by atoms with Crippen LogP contribution in [-0.2, 0) is 4.79 Å². The van der Waals surface area contributed by atoms with Crippen molar-refractivity contribution in [2.75, 3.05) is 6.54 Å². The van der Waals surface area contributed by atoms with Gasteiger partial charge in [0.05, 0.1) is 0 Å². The first-order valence-electron chi connectivity index (χ1n) is 5.23. The van der Waals surface area contributed by atoms with Crippen molar-refractivity contribution in [2.45, 2.75) is 52.0 Å². The van der Waals surface area contributed by atoms with E-state index >= 15 is 0 Å². The van der Waals surface area contributed by atoms with Gasteiger partial charge in [0.25, 0.3) is 0 Å². The minimum atomic E-state index is 0.145. The molecule has 0 aliphatic heterocycles. The number of carbonyl (C=O) groups excluding carboxylic acids is 1. The average Bonchev–Trinajstić information content (AvgIpc) is 2.05. The fourth-order valence-electron chi connectivity index (χ4n) is 1.23. The summed E-state index contributed by atoms with van der Waals surface area (Å²) >= 11 is 0. The van der Waals surface area contributed by atoms with Crippen molar-refractivity contribution < 1.29 is 4.79 Å². The van der Waals surface area contributed by atoms with Crippen molar-refractivity contribution in [1.29, 1.82) is 0 Å². The van der Waals surface area contributed by atoms with E-state index in [9.17, 15) is 4.79 Å². The van der Waals surface area contributed by atoms with E-state index in [0.717, 1.165) is 32.2 Å². The lowest BCUT2D eigenvalue weighted by Crippen LogP contribution is -2.30. The number of nitrogens with one attached hydrogen (secondary N) is 1. The van der Waals surface area contributed by atoms with Gasteiger partial charge in [0.15, 0.2) is 0 Å². The predicted molar refractivity (Wildman–Crippen MR) is 55.4 cm³/mol. The number of hydrogen-bond donors (Lipinski definition) is 2. The van der Waals surface area contributed by atoms with Gasteiger partial charge in [-0.25, -0.2) is 0 Å². The largest absolute Gasteiger partial charge is 0.356 e. The van der Waals surface area contributed by atoms with E-state index in [4.69, 9.17) is 5.73 Å². The smallest absolute Gasteiger partial charge is 0.219 e. The van der Waals surface area contributed by atoms with Crippen LogP contribution in [0.4, 0.5) is 0 Å². The molecule has 78 valence electrons. The van der Waals surface area contributed by atoms with Gasteiger partial charge in [-0.1, -0.05) is 20.3 Å². The van der Waals surface area contributed by atoms with Gasteiger partial charge in [-0.2, -0.15) is 0 Å². The van der Waals surface area contributed by atoms with Gasteiger partial charge >= 0.3 is 0 Å². The summed E-state index contributed by atoms with van der Waals surface area (Å²) in [5.74, 6) is 0.145. The number of nitrogens with two attached hydrogens (primary N) is 1. The maximum Gasteiger partial charge on any atom is 0.219 e. The zero-order valence-electron chi connectivity index (χ0n) is 8.81. The molecule has 13 heavy (non-hydrogen) atoms. The second-order valence-corrected chi connectivity index (χ2v) is 3.44. The molecule has 0 radical (unpaired) electrons. The van der Waals surface area contributed by atoms with Crippen LogP contribution in [0.1, 0.15) is 46.0 Å². The maximum absolute atomic E-state index is 11.0. The Morgan fingerprint density at radius 2 is 2.00 bits per heavy atom. The highest BCUT2D eigenvalue weighted by atomic mass is 16.1. The monoisotopic (exact) mass is 186 g/mol. The van der Waals surface area contributed by atoms with Gasteiger partial charge in [-0.05, 0) is 19.3 Å². The van der Waals surface area contributed by atoms with Crippen molar-refractivity contribution in [2.24, 2.45) is 5.73 Å². The van der Waals surface area contributed by atoms with E-state index in [1.807, 2.05) is 6.92 Å². The Kier molecular flexibility index (Phi) is 7.69. The summed E-state index contributed by atoms with van der Waals surface area (Å²) in [6, 6.07) is 0.243. The van der Waals surface area contributed by atoms with E-state index in [1.54, 1.807) is 0 Å². The second kappa shape index (κ2) is 8.05. The second-order valence-electron chi connectivity index (χ2n) is 3.44. The molecule has 0 saturated heterocycles. The molecular weight excluding hydrogens is 164 g/mol. The van der Waals surface area contributed by atoms with Crippen molar-refractivity contribution in [3.63, 3.8) is 0 Å². The summed E-state index contributed by atoms with van der Waals surface area (Å²) in [6.45, 7) is 4.85. The fourth-order valence-corrected chi connectivity index (χ4v) is 1.23. The summed E-state index contributed by atoms with van der Waals surface area (Å²) in [7, 11) is 0. The fraction of sp³-hybridized carbons (Fsp3) is 0.900. The van der Waals surface area contributed by atoms with Crippen LogP contribution >= 0.6 is 0 Å².